The van der Waals surface area contributed by atoms with E-state index in [4.69, 9.17) is 18.9 Å². The van der Waals surface area contributed by atoms with Crippen molar-refractivity contribution in [3.63, 3.8) is 0 Å². The number of aromatic nitrogens is 2. The Hall–Kier alpha value is -2.57. The van der Waals surface area contributed by atoms with Gasteiger partial charge in [0.05, 0.1) is 67.0 Å². The average Bonchev–Trinajstić information content (AvgIpc) is 1.68. The number of carbonyl (C=O) groups is 6. The maximum atomic E-state index is 13.3. The fourth-order valence-corrected chi connectivity index (χ4v) is 42.1. The van der Waals surface area contributed by atoms with Gasteiger partial charge in [-0.15, -0.1) is 0 Å². The van der Waals surface area contributed by atoms with Gasteiger partial charge in [0, 0.05) is 76.2 Å². The van der Waals surface area contributed by atoms with Gasteiger partial charge in [-0.1, -0.05) is 85.2 Å². The molecule has 21 aliphatic rings. The topological polar surface area (TPSA) is 221 Å². The Balaban J connectivity index is 0.000000110. The molecule has 16 heteroatoms. The molecule has 1 aliphatic heterocycles. The van der Waals surface area contributed by atoms with Crippen molar-refractivity contribution in [3.8, 4) is 0 Å². The number of alkyl halides is 1. The molecule has 15 nitrogen and oxygen atoms in total. The van der Waals surface area contributed by atoms with Crippen LogP contribution in [0.15, 0.2) is 18.7 Å². The minimum absolute atomic E-state index is 0.160. The molecule has 0 aromatic carbocycles. The highest BCUT2D eigenvalue weighted by molar-refractivity contribution is 9.09. The van der Waals surface area contributed by atoms with Gasteiger partial charge in [0.25, 0.3) is 0 Å². The Morgan fingerprint density at radius 1 is 0.366 bits per heavy atom. The summed E-state index contributed by atoms with van der Waals surface area (Å²) in [7, 11) is 5.11. The minimum Gasteiger partial charge on any atom is -0.387 e. The van der Waals surface area contributed by atoms with Crippen LogP contribution in [0.5, 0.6) is 0 Å². The molecule has 1 saturated heterocycles. The fraction of sp³-hybridized carbons (Fsp3) is 0.922. The highest BCUT2D eigenvalue weighted by Gasteiger charge is 2.70. The lowest BCUT2D eigenvalue weighted by Crippen LogP contribution is -2.56. The second-order valence-electron chi connectivity index (χ2n) is 53.8. The van der Waals surface area contributed by atoms with E-state index in [0.29, 0.717) is 152 Å². The number of ether oxygens (including phenoxy) is 4. The number of halogens is 1. The summed E-state index contributed by atoms with van der Waals surface area (Å²) in [6, 6.07) is 0. The van der Waals surface area contributed by atoms with E-state index in [9.17, 15) is 44.1 Å². The van der Waals surface area contributed by atoms with Crippen LogP contribution in [-0.2, 0) is 54.3 Å². The van der Waals surface area contributed by atoms with E-state index in [0.717, 1.165) is 205 Å². The molecule has 1 aromatic heterocycles. The Kier molecular flexibility index (Phi) is 27.4. The molecule has 1 spiro atoms. The number of Topliss-reactive ketones (excluding diaryl/α,β-unsaturated/α-hetero) is 6. The smallest absolute Gasteiger partial charge is 0.156 e. The lowest BCUT2D eigenvalue weighted by molar-refractivity contribution is -0.164. The first-order valence-corrected chi connectivity index (χ1v) is 56.0. The normalized spacial score (nSPS) is 52.4. The third-order valence-electron chi connectivity index (χ3n) is 48.8. The van der Waals surface area contributed by atoms with Crippen LogP contribution in [0.1, 0.15) is 379 Å². The third-order valence-corrected chi connectivity index (χ3v) is 49.4. The van der Waals surface area contributed by atoms with E-state index in [-0.39, 0.29) is 33.5 Å². The second kappa shape index (κ2) is 36.4. The summed E-state index contributed by atoms with van der Waals surface area (Å²) in [6.07, 6.45) is 58.5. The molecule has 2 heterocycles. The van der Waals surface area contributed by atoms with Crippen molar-refractivity contribution in [1.82, 2.24) is 9.55 Å². The quantitative estimate of drug-likeness (QED) is 0.117. The molecule has 22 rings (SSSR count). The molecule has 0 radical (unpaired) electrons. The summed E-state index contributed by atoms with van der Waals surface area (Å²) in [5.74, 6) is 19.3. The van der Waals surface area contributed by atoms with Crippen LogP contribution in [0.2, 0.25) is 0 Å². The Morgan fingerprint density at radius 3 is 0.962 bits per heavy atom. The first-order valence-electron chi connectivity index (χ1n) is 54.9. The third kappa shape index (κ3) is 16.8. The number of aliphatic hydroxyl groups is 3. The lowest BCUT2D eigenvalue weighted by atomic mass is 9.44. The summed E-state index contributed by atoms with van der Waals surface area (Å²) in [6.45, 7) is 33.3. The van der Waals surface area contributed by atoms with Gasteiger partial charge >= 0.3 is 0 Å². The number of rotatable bonds is 14. The first kappa shape index (κ1) is 98.6. The monoisotopic (exact) mass is 1880 g/mol. The molecular weight excluding hydrogens is 1700 g/mol. The van der Waals surface area contributed by atoms with Crippen molar-refractivity contribution in [1.29, 1.82) is 0 Å². The SMILES string of the molecule is CC(=O)[C@H]1CCC2C3CCC4CC(=O)CC[C@]4(C)C3CC[C@@]21C.CC(=O)[C@H]1CCC2C3CCC4CC5(CC[C@]4(C)C3CC[C@@]21C)CO5.COC[C@@]1(O)CC[C@@]2(C)C(CCC3C2CC[C@@]2(C)C3CC[C@@H]2C(=O)Cn2ccnc2)C1.COC[C@@]1(O)CC[C@]2(C)C3CC[C@@]4(C)C(CC[C@@H]4C(=O)CBr)C3CC[C@H]2C1.COC[C@@]1(O)CC[C@]2(C)C3CC[C@@]4(C)C(CC[C@@H]4C(C)=O)C3CC[C@H]2C1. The molecule has 736 valence electrons. The van der Waals surface area contributed by atoms with Crippen LogP contribution < -0.4 is 0 Å². The standard InChI is InChI=1S/C26H40N2O3.C23H37BrO3.C23H38O3.C22H34O2.C21H32O2/c1-24-10-11-26(30,16-31-3)14-18(24)4-5-19-20-6-7-22(25(20,2)9-8-21(19)24)23(29)15-28-13-12-27-17-28;1-21-10-11-23(26,14-27-3)12-15(21)4-5-16-17-6-7-19(20(25)13-24)22(17,2)9-8-18(16)21;1-15(24)18-7-8-19-17-6-5-16-13-23(25,14-26-4)12-11-21(16,2)20(17)9-10-22(18,19)3;1-14(23)17-6-7-18-16-5-4-15-12-22(13-24-22)11-10-20(15,2)19(16)8-9-21(17,18)3;1-13(22)17-6-7-18-16-5-4-14-12-15(23)8-10-20(14,2)19(16)9-11-21(17,18)3/h12-13,17-22,30H,4-11,14-16H2,1-3H3;15-19,26H,4-14H2,1-3H3;16-20,25H,5-14H2,1-4H3;15-19H,4-13H2,1-3H3;14,16-19H,4-12H2,1-3H3/t18?,19?,20?,21?,22-,24+,25+,26-;15-,16?,17?,18?,19+,21-,22-,23+;16-,17?,18+,19?,20?,21-,22+,23+;15?,16?,17-,18?,19?,20+,21-,22?;14?,16?,17-,18?,19?,20+,21-/m10011/s1. The molecule has 20 aliphatic carbocycles. The molecule has 19 unspecified atom stereocenters. The number of imidazole rings is 1. The van der Waals surface area contributed by atoms with E-state index in [1.54, 1.807) is 33.9 Å². The van der Waals surface area contributed by atoms with Gasteiger partial charge in [-0.3, -0.25) is 28.8 Å². The van der Waals surface area contributed by atoms with Crippen molar-refractivity contribution in [2.75, 3.05) is 53.1 Å². The van der Waals surface area contributed by atoms with E-state index < -0.39 is 16.8 Å². The van der Waals surface area contributed by atoms with Gasteiger partial charge in [-0.05, 0) is 469 Å². The summed E-state index contributed by atoms with van der Waals surface area (Å²) in [5.41, 5.74) is 1.69. The van der Waals surface area contributed by atoms with Crippen LogP contribution in [0.25, 0.3) is 0 Å². The first-order chi connectivity index (χ1) is 62.0. The number of hydrogen-bond donors (Lipinski definition) is 3. The largest absolute Gasteiger partial charge is 0.387 e. The van der Waals surface area contributed by atoms with Gasteiger partial charge < -0.3 is 38.8 Å². The molecule has 0 bridgehead atoms. The van der Waals surface area contributed by atoms with Crippen molar-refractivity contribution in [2.45, 2.75) is 408 Å². The van der Waals surface area contributed by atoms with Crippen LogP contribution >= 0.6 is 15.9 Å². The van der Waals surface area contributed by atoms with Crippen LogP contribution in [0.3, 0.4) is 0 Å². The Labute approximate surface area is 800 Å². The lowest BCUT2D eigenvalue weighted by Gasteiger charge is -2.62. The van der Waals surface area contributed by atoms with E-state index in [1.807, 2.05) is 31.5 Å². The summed E-state index contributed by atoms with van der Waals surface area (Å²) < 4.78 is 23.8. The van der Waals surface area contributed by atoms with Crippen molar-refractivity contribution >= 4 is 50.6 Å². The number of fused-ring (bicyclic) bond motifs is 25. The maximum absolute atomic E-state index is 13.3. The fourth-order valence-electron chi connectivity index (χ4n) is 41.7. The van der Waals surface area contributed by atoms with Gasteiger partial charge in [0.2, 0.25) is 0 Å². The van der Waals surface area contributed by atoms with E-state index in [1.165, 1.54) is 180 Å². The molecular formula is C115H181BrN2O13. The van der Waals surface area contributed by atoms with Crippen molar-refractivity contribution in [2.24, 2.45) is 202 Å². The number of methoxy groups -OCH3 is 3. The van der Waals surface area contributed by atoms with E-state index in [2.05, 4.69) is 90.2 Å². The highest BCUT2D eigenvalue weighted by atomic mass is 79.9. The summed E-state index contributed by atoms with van der Waals surface area (Å²) in [5, 5.41) is 33.5. The summed E-state index contributed by atoms with van der Waals surface area (Å²) >= 11 is 3.43. The Morgan fingerprint density at radius 2 is 0.656 bits per heavy atom. The molecule has 21 fully saturated rings. The van der Waals surface area contributed by atoms with E-state index >= 15 is 0 Å². The van der Waals surface area contributed by atoms with Gasteiger partial charge in [0.15, 0.2) is 5.78 Å². The number of ketones is 6. The van der Waals surface area contributed by atoms with Crippen molar-refractivity contribution < 1.29 is 63.0 Å². The predicted octanol–water partition coefficient (Wildman–Crippen LogP) is 23.9. The maximum Gasteiger partial charge on any atom is 0.156 e. The molecule has 3 N–H and O–H groups in total. The number of carbonyl (C=O) groups excluding carboxylic acids is 6. The molecule has 20 saturated carbocycles. The van der Waals surface area contributed by atoms with Crippen LogP contribution in [0.4, 0.5) is 0 Å². The second-order valence-corrected chi connectivity index (χ2v) is 54.4. The molecule has 0 amide bonds. The van der Waals surface area contributed by atoms with Crippen LogP contribution in [0, 0.1) is 202 Å². The van der Waals surface area contributed by atoms with Crippen LogP contribution in [-0.4, -0.2) is 135 Å². The predicted molar refractivity (Wildman–Crippen MR) is 518 cm³/mol. The van der Waals surface area contributed by atoms with Gasteiger partial charge in [0.1, 0.15) is 28.9 Å². The highest BCUT2D eigenvalue weighted by Crippen LogP contribution is 2.76. The van der Waals surface area contributed by atoms with Crippen molar-refractivity contribution in [3.05, 3.63) is 18.7 Å². The molecule has 1 aromatic rings. The number of nitrogens with zero attached hydrogens (tertiary/aromatic N) is 2. The zero-order valence-corrected chi connectivity index (χ0v) is 86.5. The average molecular weight is 1880 g/mol. The molecule has 39 atom stereocenters. The number of hydrogen-bond acceptors (Lipinski definition) is 14. The Bertz CT molecular complexity index is 4320. The zero-order chi connectivity index (χ0) is 93.2. The summed E-state index contributed by atoms with van der Waals surface area (Å²) in [4.78, 5) is 78.5. The zero-order valence-electron chi connectivity index (χ0n) is 84.9. The number of epoxide rings is 1. The van der Waals surface area contributed by atoms with Gasteiger partial charge in [-0.25, -0.2) is 4.98 Å². The van der Waals surface area contributed by atoms with Gasteiger partial charge in [-0.2, -0.15) is 0 Å². The molecule has 131 heavy (non-hydrogen) atoms. The minimum atomic E-state index is -0.632.